The Labute approximate surface area is 158 Å². The third-order valence-electron chi connectivity index (χ3n) is 3.75. The van der Waals surface area contributed by atoms with Gasteiger partial charge >= 0.3 is 0 Å². The van der Waals surface area contributed by atoms with Crippen molar-refractivity contribution in [1.82, 2.24) is 30.3 Å². The molecule has 0 bridgehead atoms. The number of rotatable bonds is 7. The second-order valence-corrected chi connectivity index (χ2v) is 7.66. The molecule has 0 amide bonds. The van der Waals surface area contributed by atoms with Crippen LogP contribution in [-0.2, 0) is 18.7 Å². The zero-order chi connectivity index (χ0) is 17.8. The first-order valence-electron chi connectivity index (χ1n) is 8.09. The average molecular weight is 384 g/mol. The van der Waals surface area contributed by atoms with Crippen molar-refractivity contribution >= 4 is 23.1 Å². The molecule has 3 heterocycles. The van der Waals surface area contributed by atoms with E-state index in [-0.39, 0.29) is 0 Å². The molecule has 4 aromatic rings. The van der Waals surface area contributed by atoms with Crippen molar-refractivity contribution in [3.8, 4) is 11.4 Å². The van der Waals surface area contributed by atoms with Crippen molar-refractivity contribution in [3.05, 3.63) is 58.1 Å². The number of nitrogens with zero attached hydrogens (tertiary/aromatic N) is 6. The summed E-state index contributed by atoms with van der Waals surface area (Å²) in [4.78, 5) is 5.77. The molecular formula is C17H16N6OS2. The highest BCUT2D eigenvalue weighted by atomic mass is 32.2. The Bertz CT molecular complexity index is 961. The summed E-state index contributed by atoms with van der Waals surface area (Å²) in [6, 6.07) is 12.2. The fourth-order valence-electron chi connectivity index (χ4n) is 2.37. The maximum absolute atomic E-state index is 5.35. The quantitative estimate of drug-likeness (QED) is 0.450. The van der Waals surface area contributed by atoms with E-state index in [4.69, 9.17) is 4.52 Å². The van der Waals surface area contributed by atoms with Gasteiger partial charge in [-0.15, -0.1) is 16.4 Å². The molecule has 0 saturated carbocycles. The molecule has 0 N–H and O–H groups in total. The summed E-state index contributed by atoms with van der Waals surface area (Å²) in [5.41, 5.74) is 2.14. The molecule has 0 unspecified atom stereocenters. The Morgan fingerprint density at radius 2 is 2.08 bits per heavy atom. The number of tetrazole rings is 1. The molecule has 0 fully saturated rings. The van der Waals surface area contributed by atoms with E-state index in [1.54, 1.807) is 11.3 Å². The molecule has 7 nitrogen and oxygen atoms in total. The van der Waals surface area contributed by atoms with Crippen LogP contribution in [0.3, 0.4) is 0 Å². The summed E-state index contributed by atoms with van der Waals surface area (Å²) in [6.07, 6.45) is 0.911. The molecule has 0 aliphatic carbocycles. The van der Waals surface area contributed by atoms with Crippen LogP contribution in [0, 0.1) is 6.92 Å². The van der Waals surface area contributed by atoms with Crippen molar-refractivity contribution in [2.24, 2.45) is 0 Å². The Balaban J connectivity index is 1.37. The fraction of sp³-hybridized carbons (Fsp3) is 0.235. The maximum atomic E-state index is 5.35. The van der Waals surface area contributed by atoms with Crippen LogP contribution in [-0.4, -0.2) is 30.3 Å². The van der Waals surface area contributed by atoms with Gasteiger partial charge in [-0.3, -0.25) is 0 Å². The molecule has 0 aliphatic rings. The highest BCUT2D eigenvalue weighted by Crippen LogP contribution is 2.22. The Kier molecular flexibility index (Phi) is 5.07. The van der Waals surface area contributed by atoms with Crippen LogP contribution in [0.15, 0.2) is 51.5 Å². The topological polar surface area (TPSA) is 82.5 Å². The summed E-state index contributed by atoms with van der Waals surface area (Å²) < 4.78 is 7.16. The third kappa shape index (κ3) is 4.00. The number of benzene rings is 1. The lowest BCUT2D eigenvalue weighted by molar-refractivity contribution is 0.391. The number of aromatic nitrogens is 6. The van der Waals surface area contributed by atoms with Gasteiger partial charge in [0.1, 0.15) is 0 Å². The Morgan fingerprint density at radius 1 is 1.19 bits per heavy atom. The molecule has 0 aliphatic heterocycles. The van der Waals surface area contributed by atoms with Crippen LogP contribution in [0.25, 0.3) is 11.4 Å². The zero-order valence-electron chi connectivity index (χ0n) is 14.1. The SMILES string of the molecule is Cc1ccc(-c2noc(CSc3nnnn3CCc3cccs3)n2)cc1. The highest BCUT2D eigenvalue weighted by molar-refractivity contribution is 7.98. The van der Waals surface area contributed by atoms with Gasteiger partial charge in [-0.25, -0.2) is 4.68 Å². The van der Waals surface area contributed by atoms with Gasteiger partial charge in [-0.1, -0.05) is 52.8 Å². The number of hydrogen-bond acceptors (Lipinski definition) is 8. The summed E-state index contributed by atoms with van der Waals surface area (Å²) in [6.45, 7) is 2.79. The number of aryl methyl sites for hydroxylation is 3. The lowest BCUT2D eigenvalue weighted by atomic mass is 10.1. The lowest BCUT2D eigenvalue weighted by Gasteiger charge is -2.01. The highest BCUT2D eigenvalue weighted by Gasteiger charge is 2.12. The monoisotopic (exact) mass is 384 g/mol. The minimum atomic E-state index is 0.526. The minimum Gasteiger partial charge on any atom is -0.338 e. The van der Waals surface area contributed by atoms with Gasteiger partial charge in [-0.2, -0.15) is 4.98 Å². The molecule has 26 heavy (non-hydrogen) atoms. The molecule has 9 heteroatoms. The molecule has 1 aromatic carbocycles. The van der Waals surface area contributed by atoms with Crippen molar-refractivity contribution in [2.45, 2.75) is 30.8 Å². The van der Waals surface area contributed by atoms with E-state index in [1.165, 1.54) is 22.2 Å². The predicted octanol–water partition coefficient (Wildman–Crippen LogP) is 3.63. The smallest absolute Gasteiger partial charge is 0.237 e. The summed E-state index contributed by atoms with van der Waals surface area (Å²) in [7, 11) is 0. The van der Waals surface area contributed by atoms with E-state index in [1.807, 2.05) is 35.9 Å². The van der Waals surface area contributed by atoms with Crippen molar-refractivity contribution in [3.63, 3.8) is 0 Å². The van der Waals surface area contributed by atoms with Gasteiger partial charge in [0, 0.05) is 16.9 Å². The summed E-state index contributed by atoms with van der Waals surface area (Å²) in [5, 5.41) is 18.8. The van der Waals surface area contributed by atoms with Crippen LogP contribution >= 0.6 is 23.1 Å². The van der Waals surface area contributed by atoms with Gasteiger partial charge in [0.25, 0.3) is 0 Å². The van der Waals surface area contributed by atoms with Crippen LogP contribution in [0.4, 0.5) is 0 Å². The van der Waals surface area contributed by atoms with Gasteiger partial charge in [0.05, 0.1) is 12.3 Å². The van der Waals surface area contributed by atoms with Crippen molar-refractivity contribution in [2.75, 3.05) is 0 Å². The second kappa shape index (κ2) is 7.79. The Hall–Kier alpha value is -2.52. The number of thiophene rings is 1. The van der Waals surface area contributed by atoms with Gasteiger partial charge in [-0.05, 0) is 28.8 Å². The molecule has 0 saturated heterocycles. The van der Waals surface area contributed by atoms with Crippen LogP contribution in [0.5, 0.6) is 0 Å². The molecule has 3 aromatic heterocycles. The first kappa shape index (κ1) is 16.9. The van der Waals surface area contributed by atoms with E-state index in [2.05, 4.69) is 43.2 Å². The van der Waals surface area contributed by atoms with E-state index in [9.17, 15) is 0 Å². The van der Waals surface area contributed by atoms with Crippen LogP contribution in [0.2, 0.25) is 0 Å². The second-order valence-electron chi connectivity index (χ2n) is 5.68. The fourth-order valence-corrected chi connectivity index (χ4v) is 3.81. The van der Waals surface area contributed by atoms with Crippen molar-refractivity contribution < 1.29 is 4.52 Å². The first-order chi connectivity index (χ1) is 12.8. The summed E-state index contributed by atoms with van der Waals surface area (Å²) >= 11 is 3.23. The van der Waals surface area contributed by atoms with E-state index in [0.29, 0.717) is 17.5 Å². The number of hydrogen-bond donors (Lipinski definition) is 0. The Morgan fingerprint density at radius 3 is 2.88 bits per heavy atom. The molecule has 0 radical (unpaired) electrons. The third-order valence-corrected chi connectivity index (χ3v) is 5.63. The number of thioether (sulfide) groups is 1. The van der Waals surface area contributed by atoms with Crippen LogP contribution in [0.1, 0.15) is 16.3 Å². The zero-order valence-corrected chi connectivity index (χ0v) is 15.7. The van der Waals surface area contributed by atoms with Crippen LogP contribution < -0.4 is 0 Å². The molecular weight excluding hydrogens is 368 g/mol. The average Bonchev–Trinajstić information content (AvgIpc) is 3.40. The lowest BCUT2D eigenvalue weighted by Crippen LogP contribution is -2.04. The van der Waals surface area contributed by atoms with E-state index in [0.717, 1.165) is 23.7 Å². The van der Waals surface area contributed by atoms with Gasteiger partial charge in [0.15, 0.2) is 0 Å². The van der Waals surface area contributed by atoms with Crippen molar-refractivity contribution in [1.29, 1.82) is 0 Å². The standard InChI is InChI=1S/C17H16N6OS2/c1-12-4-6-13(7-5-12)16-18-15(24-20-16)11-26-17-19-21-22-23(17)9-8-14-3-2-10-25-14/h2-7,10H,8-9,11H2,1H3. The van der Waals surface area contributed by atoms with Gasteiger partial charge < -0.3 is 4.52 Å². The first-order valence-corrected chi connectivity index (χ1v) is 9.95. The van der Waals surface area contributed by atoms with E-state index >= 15 is 0 Å². The minimum absolute atomic E-state index is 0.526. The largest absolute Gasteiger partial charge is 0.338 e. The normalized spacial score (nSPS) is 11.1. The van der Waals surface area contributed by atoms with Gasteiger partial charge in [0.2, 0.25) is 16.9 Å². The predicted molar refractivity (Wildman–Crippen MR) is 99.9 cm³/mol. The molecule has 4 rings (SSSR count). The maximum Gasteiger partial charge on any atom is 0.237 e. The molecule has 0 atom stereocenters. The molecule has 132 valence electrons. The summed E-state index contributed by atoms with van der Waals surface area (Å²) in [5.74, 6) is 1.68. The molecule has 0 spiro atoms. The van der Waals surface area contributed by atoms with E-state index < -0.39 is 0 Å².